The van der Waals surface area contributed by atoms with Gasteiger partial charge in [-0.3, -0.25) is 0 Å². The molecule has 15 heavy (non-hydrogen) atoms. The van der Waals surface area contributed by atoms with E-state index < -0.39 is 14.6 Å². The Hall–Kier alpha value is -0.570. The summed E-state index contributed by atoms with van der Waals surface area (Å²) in [5.41, 5.74) is 0.900. The topological polar surface area (TPSA) is 34.1 Å². The average Bonchev–Trinajstić information content (AvgIpc) is 2.60. The molecule has 0 saturated heterocycles. The van der Waals surface area contributed by atoms with Crippen LogP contribution in [0, 0.1) is 11.8 Å². The summed E-state index contributed by atoms with van der Waals surface area (Å²) in [5, 5.41) is -0.340. The van der Waals surface area contributed by atoms with Crippen molar-refractivity contribution in [1.29, 1.82) is 0 Å². The Morgan fingerprint density at radius 1 is 1.33 bits per heavy atom. The van der Waals surface area contributed by atoms with Gasteiger partial charge in [-0.05, 0) is 39.0 Å². The van der Waals surface area contributed by atoms with Crippen molar-refractivity contribution in [2.24, 2.45) is 11.8 Å². The zero-order chi connectivity index (χ0) is 11.4. The van der Waals surface area contributed by atoms with Crippen molar-refractivity contribution < 1.29 is 8.42 Å². The van der Waals surface area contributed by atoms with Crippen molar-refractivity contribution in [3.63, 3.8) is 0 Å². The van der Waals surface area contributed by atoms with E-state index in [0.29, 0.717) is 5.92 Å². The van der Waals surface area contributed by atoms with Gasteiger partial charge in [0.25, 0.3) is 0 Å². The van der Waals surface area contributed by atoms with Gasteiger partial charge in [0, 0.05) is 0 Å². The van der Waals surface area contributed by atoms with Crippen molar-refractivity contribution in [3.8, 4) is 0 Å². The zero-order valence-electron chi connectivity index (χ0n) is 9.53. The highest BCUT2D eigenvalue weighted by Crippen LogP contribution is 2.47. The predicted octanol–water partition coefficient (Wildman–Crippen LogP) is 2.33. The molecule has 1 unspecified atom stereocenters. The Bertz CT molecular complexity index is 423. The van der Waals surface area contributed by atoms with E-state index in [1.165, 1.54) is 0 Å². The summed E-state index contributed by atoms with van der Waals surface area (Å²) in [6, 6.07) is 0. The van der Waals surface area contributed by atoms with Crippen LogP contribution in [-0.4, -0.2) is 18.4 Å². The molecule has 2 aliphatic carbocycles. The number of sulfone groups is 1. The van der Waals surface area contributed by atoms with E-state index >= 15 is 0 Å². The normalized spacial score (nSPS) is 35.1. The summed E-state index contributed by atoms with van der Waals surface area (Å²) in [7, 11) is -3.11. The van der Waals surface area contributed by atoms with Crippen LogP contribution in [0.15, 0.2) is 24.3 Å². The molecular formula is C12H18O2S. The van der Waals surface area contributed by atoms with Gasteiger partial charge in [-0.1, -0.05) is 24.3 Å². The smallest absolute Gasteiger partial charge is 0.162 e. The third-order valence-corrected chi connectivity index (χ3v) is 6.56. The van der Waals surface area contributed by atoms with Gasteiger partial charge >= 0.3 is 0 Å². The third kappa shape index (κ3) is 1.40. The molecule has 0 aromatic heterocycles. The fourth-order valence-electron chi connectivity index (χ4n) is 2.52. The number of rotatable bonds is 1. The van der Waals surface area contributed by atoms with E-state index in [2.05, 4.69) is 12.7 Å². The Labute approximate surface area is 92.0 Å². The molecule has 0 aromatic rings. The largest absolute Gasteiger partial charge is 0.228 e. The van der Waals surface area contributed by atoms with Crippen LogP contribution < -0.4 is 0 Å². The molecule has 0 radical (unpaired) electrons. The lowest BCUT2D eigenvalue weighted by Crippen LogP contribution is -2.40. The Balaban J connectivity index is 2.42. The van der Waals surface area contributed by atoms with Gasteiger partial charge < -0.3 is 0 Å². The van der Waals surface area contributed by atoms with Crippen LogP contribution in [0.1, 0.15) is 27.2 Å². The molecule has 3 atom stereocenters. The monoisotopic (exact) mass is 226 g/mol. The molecule has 0 aromatic carbocycles. The minimum absolute atomic E-state index is 0.173. The minimum Gasteiger partial charge on any atom is -0.228 e. The van der Waals surface area contributed by atoms with E-state index in [0.717, 1.165) is 12.0 Å². The van der Waals surface area contributed by atoms with Crippen molar-refractivity contribution >= 4 is 9.84 Å². The maximum Gasteiger partial charge on any atom is 0.162 e. The highest BCUT2D eigenvalue weighted by atomic mass is 32.2. The number of allylic oxidation sites excluding steroid dienone is 2. The van der Waals surface area contributed by atoms with Gasteiger partial charge in [0.1, 0.15) is 0 Å². The van der Waals surface area contributed by atoms with Crippen LogP contribution in [0.4, 0.5) is 0 Å². The van der Waals surface area contributed by atoms with Gasteiger partial charge in [0.05, 0.1) is 10.00 Å². The van der Waals surface area contributed by atoms with Crippen LogP contribution in [0.5, 0.6) is 0 Å². The molecule has 0 amide bonds. The lowest BCUT2D eigenvalue weighted by Gasteiger charge is -2.29. The third-order valence-electron chi connectivity index (χ3n) is 3.54. The van der Waals surface area contributed by atoms with Gasteiger partial charge in [-0.25, -0.2) is 8.42 Å². The zero-order valence-corrected chi connectivity index (χ0v) is 10.3. The molecule has 0 spiro atoms. The van der Waals surface area contributed by atoms with Crippen molar-refractivity contribution in [1.82, 2.24) is 0 Å². The molecule has 2 bridgehead atoms. The molecule has 3 heteroatoms. The molecule has 0 N–H and O–H groups in total. The Morgan fingerprint density at radius 3 is 2.33 bits per heavy atom. The fourth-order valence-corrected chi connectivity index (χ4v) is 4.52. The van der Waals surface area contributed by atoms with Gasteiger partial charge in [-0.2, -0.15) is 0 Å². The summed E-state index contributed by atoms with van der Waals surface area (Å²) >= 11 is 0. The molecule has 2 nitrogen and oxygen atoms in total. The quantitative estimate of drug-likeness (QED) is 0.643. The van der Waals surface area contributed by atoms with E-state index in [4.69, 9.17) is 0 Å². The maximum atomic E-state index is 12.4. The van der Waals surface area contributed by atoms with Crippen LogP contribution in [-0.2, 0) is 9.84 Å². The van der Waals surface area contributed by atoms with E-state index in [1.54, 1.807) is 20.8 Å². The van der Waals surface area contributed by atoms with Crippen molar-refractivity contribution in [2.45, 2.75) is 37.2 Å². The lowest BCUT2D eigenvalue weighted by molar-refractivity contribution is 0.538. The molecule has 1 fully saturated rings. The van der Waals surface area contributed by atoms with Gasteiger partial charge in [0.15, 0.2) is 9.84 Å². The summed E-state index contributed by atoms with van der Waals surface area (Å²) < 4.78 is 24.0. The molecule has 0 heterocycles. The predicted molar refractivity (Wildman–Crippen MR) is 62.3 cm³/mol. The SMILES string of the molecule is C=C1C(S(=O)(=O)C(C)(C)C)[C@@H]2C=C[C@H]1C2. The summed E-state index contributed by atoms with van der Waals surface area (Å²) in [4.78, 5) is 0. The lowest BCUT2D eigenvalue weighted by atomic mass is 10.0. The van der Waals surface area contributed by atoms with Crippen LogP contribution >= 0.6 is 0 Å². The summed E-state index contributed by atoms with van der Waals surface area (Å²) in [6.07, 6.45) is 5.09. The maximum absolute atomic E-state index is 12.4. The molecule has 0 aliphatic heterocycles. The van der Waals surface area contributed by atoms with Crippen molar-refractivity contribution in [2.75, 3.05) is 0 Å². The van der Waals surface area contributed by atoms with Crippen LogP contribution in [0.3, 0.4) is 0 Å². The second-order valence-electron chi connectivity index (χ2n) is 5.54. The van der Waals surface area contributed by atoms with E-state index in [1.807, 2.05) is 6.08 Å². The van der Waals surface area contributed by atoms with Gasteiger partial charge in [-0.15, -0.1) is 0 Å². The Morgan fingerprint density at radius 2 is 1.93 bits per heavy atom. The first-order chi connectivity index (χ1) is 6.75. The number of hydrogen-bond acceptors (Lipinski definition) is 2. The first kappa shape index (κ1) is 10.9. The minimum atomic E-state index is -3.11. The van der Waals surface area contributed by atoms with E-state index in [-0.39, 0.29) is 11.2 Å². The molecule has 2 rings (SSSR count). The van der Waals surface area contributed by atoms with E-state index in [9.17, 15) is 8.42 Å². The molecule has 84 valence electrons. The average molecular weight is 226 g/mol. The van der Waals surface area contributed by atoms with Crippen LogP contribution in [0.2, 0.25) is 0 Å². The molecule has 2 aliphatic rings. The van der Waals surface area contributed by atoms with Crippen LogP contribution in [0.25, 0.3) is 0 Å². The van der Waals surface area contributed by atoms with Crippen molar-refractivity contribution in [3.05, 3.63) is 24.3 Å². The molecule has 1 saturated carbocycles. The highest BCUT2D eigenvalue weighted by Gasteiger charge is 2.49. The molecular weight excluding hydrogens is 208 g/mol. The Kier molecular flexibility index (Phi) is 2.16. The first-order valence-electron chi connectivity index (χ1n) is 5.35. The van der Waals surface area contributed by atoms with Gasteiger partial charge in [0.2, 0.25) is 0 Å². The summed E-state index contributed by atoms with van der Waals surface area (Å²) in [5.74, 6) is 0.476. The second-order valence-corrected chi connectivity index (χ2v) is 8.37. The highest BCUT2D eigenvalue weighted by molar-refractivity contribution is 7.93. The second kappa shape index (κ2) is 2.97. The first-order valence-corrected chi connectivity index (χ1v) is 6.90. The fraction of sp³-hybridized carbons (Fsp3) is 0.667. The number of fused-ring (bicyclic) bond motifs is 2. The number of hydrogen-bond donors (Lipinski definition) is 0. The standard InChI is InChI=1S/C12H18O2S/c1-8-9-5-6-10(7-9)11(8)15(13,14)12(2,3)4/h5-6,9-11H,1,7H2,2-4H3/t9-,10+,11?/m0/s1. The summed E-state index contributed by atoms with van der Waals surface area (Å²) in [6.45, 7) is 9.28.